The van der Waals surface area contributed by atoms with Gasteiger partial charge in [0.25, 0.3) is 0 Å². The molecular weight excluding hydrogens is 126 g/mol. The molecule has 0 saturated carbocycles. The highest BCUT2D eigenvalue weighted by Crippen LogP contribution is 2.16. The summed E-state index contributed by atoms with van der Waals surface area (Å²) in [5, 5.41) is 9.63. The molecule has 4 N–H and O–H groups in total. The van der Waals surface area contributed by atoms with Gasteiger partial charge in [-0.1, -0.05) is 20.8 Å². The summed E-state index contributed by atoms with van der Waals surface area (Å²) < 4.78 is 0. The Balaban J connectivity index is 3.29. The number of hydrogen-bond acceptors (Lipinski definition) is 1. The van der Waals surface area contributed by atoms with Crippen molar-refractivity contribution >= 4 is 5.96 Å². The molecule has 0 aromatic heterocycles. The minimum absolute atomic E-state index is 0.0595. The van der Waals surface area contributed by atoms with Crippen molar-refractivity contribution in [2.24, 2.45) is 11.1 Å². The van der Waals surface area contributed by atoms with Gasteiger partial charge in [-0.25, -0.2) is 0 Å². The first-order valence-corrected chi connectivity index (χ1v) is 3.50. The van der Waals surface area contributed by atoms with E-state index in [0.29, 0.717) is 5.41 Å². The molecule has 10 heavy (non-hydrogen) atoms. The van der Waals surface area contributed by atoms with Gasteiger partial charge >= 0.3 is 0 Å². The molecule has 3 heteroatoms. The van der Waals surface area contributed by atoms with Crippen LogP contribution in [0.1, 0.15) is 27.2 Å². The van der Waals surface area contributed by atoms with Gasteiger partial charge < -0.3 is 11.1 Å². The van der Waals surface area contributed by atoms with Crippen LogP contribution in [-0.4, -0.2) is 12.5 Å². The fraction of sp³-hybridized carbons (Fsp3) is 0.857. The number of nitrogens with one attached hydrogen (secondary N) is 2. The van der Waals surface area contributed by atoms with Gasteiger partial charge in [-0.15, -0.1) is 0 Å². The highest BCUT2D eigenvalue weighted by molar-refractivity contribution is 5.74. The summed E-state index contributed by atoms with van der Waals surface area (Å²) in [5.74, 6) is 0.0595. The summed E-state index contributed by atoms with van der Waals surface area (Å²) in [6.45, 7) is 7.28. The lowest BCUT2D eigenvalue weighted by molar-refractivity contribution is 0.377. The van der Waals surface area contributed by atoms with E-state index in [4.69, 9.17) is 11.1 Å². The van der Waals surface area contributed by atoms with E-state index in [1.165, 1.54) is 0 Å². The van der Waals surface area contributed by atoms with E-state index >= 15 is 0 Å². The Morgan fingerprint density at radius 1 is 1.50 bits per heavy atom. The van der Waals surface area contributed by atoms with E-state index < -0.39 is 0 Å². The zero-order valence-electron chi connectivity index (χ0n) is 6.99. The first-order chi connectivity index (χ1) is 4.42. The maximum atomic E-state index is 6.87. The molecule has 3 nitrogen and oxygen atoms in total. The fourth-order valence-corrected chi connectivity index (χ4v) is 0.572. The quantitative estimate of drug-likeness (QED) is 0.397. The molecule has 0 rings (SSSR count). The molecule has 0 heterocycles. The van der Waals surface area contributed by atoms with Crippen molar-refractivity contribution in [3.8, 4) is 0 Å². The van der Waals surface area contributed by atoms with Gasteiger partial charge in [-0.3, -0.25) is 5.41 Å². The standard InChI is InChI=1S/C7H17N3/c1-7(2,3)4-5-10-6(8)9/h4-5H2,1-3H3,(H4,8,9,10). The second-order valence-electron chi connectivity index (χ2n) is 3.65. The summed E-state index contributed by atoms with van der Waals surface area (Å²) in [5.41, 5.74) is 5.42. The van der Waals surface area contributed by atoms with Gasteiger partial charge in [0, 0.05) is 6.54 Å². The van der Waals surface area contributed by atoms with Gasteiger partial charge in [-0.2, -0.15) is 0 Å². The first kappa shape index (κ1) is 9.27. The number of guanidine groups is 1. The Morgan fingerprint density at radius 3 is 2.30 bits per heavy atom. The van der Waals surface area contributed by atoms with E-state index in [1.54, 1.807) is 0 Å². The SMILES string of the molecule is CC(C)(C)CCNC(=N)N. The topological polar surface area (TPSA) is 61.9 Å². The van der Waals surface area contributed by atoms with Crippen molar-refractivity contribution in [1.29, 1.82) is 5.41 Å². The maximum Gasteiger partial charge on any atom is 0.185 e. The van der Waals surface area contributed by atoms with Crippen LogP contribution in [0, 0.1) is 10.8 Å². The molecular formula is C7H17N3. The molecule has 0 aliphatic rings. The second-order valence-corrected chi connectivity index (χ2v) is 3.65. The zero-order valence-corrected chi connectivity index (χ0v) is 6.99. The third-order valence-corrected chi connectivity index (χ3v) is 1.19. The van der Waals surface area contributed by atoms with Gasteiger partial charge in [-0.05, 0) is 11.8 Å². The van der Waals surface area contributed by atoms with Crippen molar-refractivity contribution in [3.63, 3.8) is 0 Å². The lowest BCUT2D eigenvalue weighted by Gasteiger charge is -2.17. The molecule has 0 atom stereocenters. The number of nitrogens with two attached hydrogens (primary N) is 1. The predicted octanol–water partition coefficient (Wildman–Crippen LogP) is 0.906. The van der Waals surface area contributed by atoms with Crippen LogP contribution in [0.15, 0.2) is 0 Å². The Morgan fingerprint density at radius 2 is 2.00 bits per heavy atom. The molecule has 0 bridgehead atoms. The van der Waals surface area contributed by atoms with Crippen molar-refractivity contribution in [3.05, 3.63) is 0 Å². The lowest BCUT2D eigenvalue weighted by atomic mass is 9.92. The minimum atomic E-state index is 0.0595. The molecule has 0 aromatic carbocycles. The van der Waals surface area contributed by atoms with E-state index in [2.05, 4.69) is 26.1 Å². The van der Waals surface area contributed by atoms with Crippen LogP contribution in [-0.2, 0) is 0 Å². The monoisotopic (exact) mass is 143 g/mol. The molecule has 0 saturated heterocycles. The minimum Gasteiger partial charge on any atom is -0.370 e. The van der Waals surface area contributed by atoms with Gasteiger partial charge in [0.15, 0.2) is 5.96 Å². The Hall–Kier alpha value is -0.730. The van der Waals surface area contributed by atoms with Gasteiger partial charge in [0.2, 0.25) is 0 Å². The van der Waals surface area contributed by atoms with Crippen molar-refractivity contribution in [2.75, 3.05) is 6.54 Å². The first-order valence-electron chi connectivity index (χ1n) is 3.50. The van der Waals surface area contributed by atoms with Crippen LogP contribution in [0.5, 0.6) is 0 Å². The average Bonchev–Trinajstić information content (AvgIpc) is 1.59. The molecule has 0 unspecified atom stereocenters. The summed E-state index contributed by atoms with van der Waals surface area (Å²) in [6.07, 6.45) is 1.03. The van der Waals surface area contributed by atoms with Crippen LogP contribution in [0.25, 0.3) is 0 Å². The highest BCUT2D eigenvalue weighted by atomic mass is 15.0. The number of rotatable bonds is 2. The van der Waals surface area contributed by atoms with Crippen LogP contribution in [0.2, 0.25) is 0 Å². The highest BCUT2D eigenvalue weighted by Gasteiger charge is 2.08. The van der Waals surface area contributed by atoms with Gasteiger partial charge in [0.05, 0.1) is 0 Å². The molecule has 0 aliphatic carbocycles. The third-order valence-electron chi connectivity index (χ3n) is 1.19. The van der Waals surface area contributed by atoms with E-state index in [0.717, 1.165) is 13.0 Å². The lowest BCUT2D eigenvalue weighted by Crippen LogP contribution is -2.32. The molecule has 0 aliphatic heterocycles. The normalized spacial score (nSPS) is 11.1. The van der Waals surface area contributed by atoms with Crippen LogP contribution < -0.4 is 11.1 Å². The van der Waals surface area contributed by atoms with Crippen LogP contribution in [0.4, 0.5) is 0 Å². The molecule has 0 aromatic rings. The average molecular weight is 143 g/mol. The van der Waals surface area contributed by atoms with E-state index in [-0.39, 0.29) is 5.96 Å². The van der Waals surface area contributed by atoms with Crippen molar-refractivity contribution in [1.82, 2.24) is 5.32 Å². The Labute approximate surface area is 62.5 Å². The smallest absolute Gasteiger partial charge is 0.185 e. The largest absolute Gasteiger partial charge is 0.370 e. The summed E-state index contributed by atoms with van der Waals surface area (Å²) in [6, 6.07) is 0. The number of hydrogen-bond donors (Lipinski definition) is 3. The van der Waals surface area contributed by atoms with Crippen LogP contribution in [0.3, 0.4) is 0 Å². The Kier molecular flexibility index (Phi) is 3.19. The van der Waals surface area contributed by atoms with Crippen molar-refractivity contribution in [2.45, 2.75) is 27.2 Å². The second kappa shape index (κ2) is 3.44. The van der Waals surface area contributed by atoms with E-state index in [9.17, 15) is 0 Å². The summed E-state index contributed by atoms with van der Waals surface area (Å²) >= 11 is 0. The summed E-state index contributed by atoms with van der Waals surface area (Å²) in [7, 11) is 0. The van der Waals surface area contributed by atoms with Crippen LogP contribution >= 0.6 is 0 Å². The van der Waals surface area contributed by atoms with Crippen molar-refractivity contribution < 1.29 is 0 Å². The molecule has 0 amide bonds. The molecule has 60 valence electrons. The molecule has 0 spiro atoms. The summed E-state index contributed by atoms with van der Waals surface area (Å²) in [4.78, 5) is 0. The Bertz CT molecular complexity index is 113. The fourth-order valence-electron chi connectivity index (χ4n) is 0.572. The third kappa shape index (κ3) is 7.27. The molecule has 0 radical (unpaired) electrons. The van der Waals surface area contributed by atoms with Gasteiger partial charge in [0.1, 0.15) is 0 Å². The molecule has 0 fully saturated rings. The maximum absolute atomic E-state index is 6.87. The van der Waals surface area contributed by atoms with E-state index in [1.807, 2.05) is 0 Å². The zero-order chi connectivity index (χ0) is 8.20. The predicted molar refractivity (Wildman–Crippen MR) is 44.0 cm³/mol.